The van der Waals surface area contributed by atoms with Gasteiger partial charge < -0.3 is 15.0 Å². The van der Waals surface area contributed by atoms with Crippen LogP contribution in [0.2, 0.25) is 5.02 Å². The number of carbonyl (C=O) groups excluding carboxylic acids is 1. The summed E-state index contributed by atoms with van der Waals surface area (Å²) in [5.74, 6) is 0.0155. The molecule has 0 bridgehead atoms. The second kappa shape index (κ2) is 6.70. The van der Waals surface area contributed by atoms with Crippen LogP contribution in [0.5, 0.6) is 0 Å². The van der Waals surface area contributed by atoms with E-state index in [4.69, 9.17) is 16.3 Å². The van der Waals surface area contributed by atoms with E-state index in [0.717, 1.165) is 11.0 Å². The number of hydrogen-bond acceptors (Lipinski definition) is 3. The van der Waals surface area contributed by atoms with Gasteiger partial charge in [0.05, 0.1) is 17.7 Å². The average molecular weight is 348 g/mol. The summed E-state index contributed by atoms with van der Waals surface area (Å²) in [6, 6.07) is 5.23. The monoisotopic (exact) mass is 346 g/mol. The summed E-state index contributed by atoms with van der Waals surface area (Å²) in [6.07, 6.45) is 0.0541. The third-order valence-electron chi connectivity index (χ3n) is 3.02. The van der Waals surface area contributed by atoms with E-state index in [2.05, 4.69) is 21.2 Å². The van der Waals surface area contributed by atoms with Crippen molar-refractivity contribution in [3.8, 4) is 0 Å². The second-order valence-electron chi connectivity index (χ2n) is 4.43. The van der Waals surface area contributed by atoms with Gasteiger partial charge in [-0.15, -0.1) is 0 Å². The van der Waals surface area contributed by atoms with Crippen LogP contribution in [0.4, 0.5) is 0 Å². The van der Waals surface area contributed by atoms with Crippen molar-refractivity contribution in [2.75, 3.05) is 33.3 Å². The molecule has 2 rings (SSSR count). The molecule has 1 aliphatic heterocycles. The van der Waals surface area contributed by atoms with Gasteiger partial charge in [0, 0.05) is 29.7 Å². The Kier molecular flexibility index (Phi) is 5.21. The molecule has 1 unspecified atom stereocenters. The highest BCUT2D eigenvalue weighted by Gasteiger charge is 2.24. The number of halogens is 2. The molecule has 1 amide bonds. The van der Waals surface area contributed by atoms with Crippen molar-refractivity contribution in [2.24, 2.45) is 0 Å². The molecule has 4 nitrogen and oxygen atoms in total. The fraction of sp³-hybridized carbons (Fsp3) is 0.462. The van der Waals surface area contributed by atoms with Crippen molar-refractivity contribution in [1.29, 1.82) is 0 Å². The lowest BCUT2D eigenvalue weighted by molar-refractivity contribution is -0.0196. The highest BCUT2D eigenvalue weighted by Crippen LogP contribution is 2.24. The van der Waals surface area contributed by atoms with Gasteiger partial charge >= 0.3 is 0 Å². The normalized spacial score (nSPS) is 19.5. The third kappa shape index (κ3) is 3.69. The summed E-state index contributed by atoms with van der Waals surface area (Å²) in [7, 11) is 1.88. The number of rotatable bonds is 3. The molecule has 19 heavy (non-hydrogen) atoms. The maximum atomic E-state index is 12.4. The standard InChI is InChI=1S/C13H16BrClN2O2/c1-16-7-10-8-17(4-5-19-10)13(18)9-2-3-12(15)11(14)6-9/h2-3,6,10,16H,4-5,7-8H2,1H3. The van der Waals surface area contributed by atoms with E-state index < -0.39 is 0 Å². The van der Waals surface area contributed by atoms with Gasteiger partial charge in [0.25, 0.3) is 5.91 Å². The summed E-state index contributed by atoms with van der Waals surface area (Å²) < 4.78 is 6.33. The van der Waals surface area contributed by atoms with E-state index in [-0.39, 0.29) is 12.0 Å². The van der Waals surface area contributed by atoms with E-state index in [1.54, 1.807) is 18.2 Å². The number of nitrogens with zero attached hydrogens (tertiary/aromatic N) is 1. The van der Waals surface area contributed by atoms with Gasteiger partial charge in [-0.25, -0.2) is 0 Å². The minimum Gasteiger partial charge on any atom is -0.373 e. The van der Waals surface area contributed by atoms with Crippen LogP contribution < -0.4 is 5.32 Å². The smallest absolute Gasteiger partial charge is 0.254 e. The number of nitrogens with one attached hydrogen (secondary N) is 1. The summed E-state index contributed by atoms with van der Waals surface area (Å²) in [5, 5.41) is 3.67. The molecule has 1 aromatic carbocycles. The molecule has 0 radical (unpaired) electrons. The number of hydrogen-bond donors (Lipinski definition) is 1. The first-order valence-electron chi connectivity index (χ1n) is 6.12. The summed E-state index contributed by atoms with van der Waals surface area (Å²) >= 11 is 9.27. The first-order valence-corrected chi connectivity index (χ1v) is 7.29. The van der Waals surface area contributed by atoms with E-state index in [9.17, 15) is 4.79 Å². The van der Waals surface area contributed by atoms with Crippen LogP contribution in [0.15, 0.2) is 22.7 Å². The van der Waals surface area contributed by atoms with Crippen molar-refractivity contribution in [2.45, 2.75) is 6.10 Å². The van der Waals surface area contributed by atoms with Crippen LogP contribution in [-0.2, 0) is 4.74 Å². The van der Waals surface area contributed by atoms with E-state index in [0.29, 0.717) is 30.3 Å². The Balaban J connectivity index is 2.08. The SMILES string of the molecule is CNCC1CN(C(=O)c2ccc(Cl)c(Br)c2)CCO1. The number of benzene rings is 1. The van der Waals surface area contributed by atoms with Crippen LogP contribution in [0.25, 0.3) is 0 Å². The largest absolute Gasteiger partial charge is 0.373 e. The molecule has 0 aliphatic carbocycles. The molecule has 1 N–H and O–H groups in total. The van der Waals surface area contributed by atoms with Crippen molar-refractivity contribution < 1.29 is 9.53 Å². The van der Waals surface area contributed by atoms with Gasteiger partial charge in [0.2, 0.25) is 0 Å². The van der Waals surface area contributed by atoms with Crippen LogP contribution in [-0.4, -0.2) is 50.2 Å². The highest BCUT2D eigenvalue weighted by molar-refractivity contribution is 9.10. The van der Waals surface area contributed by atoms with Crippen molar-refractivity contribution >= 4 is 33.4 Å². The van der Waals surface area contributed by atoms with E-state index >= 15 is 0 Å². The molecule has 0 spiro atoms. The first-order chi connectivity index (χ1) is 9.11. The zero-order valence-corrected chi connectivity index (χ0v) is 13.0. The molecule has 1 atom stereocenters. The second-order valence-corrected chi connectivity index (χ2v) is 5.69. The number of ether oxygens (including phenoxy) is 1. The Hall–Kier alpha value is -0.620. The Morgan fingerprint density at radius 3 is 3.11 bits per heavy atom. The molecule has 6 heteroatoms. The van der Waals surface area contributed by atoms with Crippen LogP contribution >= 0.6 is 27.5 Å². The fourth-order valence-electron chi connectivity index (χ4n) is 2.07. The van der Waals surface area contributed by atoms with Crippen molar-refractivity contribution in [3.05, 3.63) is 33.3 Å². The lowest BCUT2D eigenvalue weighted by Crippen LogP contribution is -2.48. The van der Waals surface area contributed by atoms with Gasteiger partial charge in [-0.1, -0.05) is 11.6 Å². The molecule has 0 saturated carbocycles. The van der Waals surface area contributed by atoms with E-state index in [1.807, 2.05) is 11.9 Å². The Labute approximate surface area is 126 Å². The molecular formula is C13H16BrClN2O2. The van der Waals surface area contributed by atoms with Crippen LogP contribution in [0, 0.1) is 0 Å². The van der Waals surface area contributed by atoms with Gasteiger partial charge in [0.15, 0.2) is 0 Å². The van der Waals surface area contributed by atoms with Crippen LogP contribution in [0.1, 0.15) is 10.4 Å². The predicted octanol–water partition coefficient (Wildman–Crippen LogP) is 2.16. The fourth-order valence-corrected chi connectivity index (χ4v) is 2.56. The number of likely N-dealkylation sites (N-methyl/N-ethyl adjacent to an activating group) is 1. The first kappa shape index (κ1) is 14.8. The van der Waals surface area contributed by atoms with Gasteiger partial charge in [-0.05, 0) is 41.2 Å². The van der Waals surface area contributed by atoms with Crippen LogP contribution in [0.3, 0.4) is 0 Å². The van der Waals surface area contributed by atoms with Gasteiger partial charge in [0.1, 0.15) is 0 Å². The Morgan fingerprint density at radius 1 is 1.63 bits per heavy atom. The molecule has 1 aliphatic rings. The minimum absolute atomic E-state index is 0.0155. The third-order valence-corrected chi connectivity index (χ3v) is 4.24. The molecule has 0 aromatic heterocycles. The topological polar surface area (TPSA) is 41.6 Å². The zero-order valence-electron chi connectivity index (χ0n) is 10.7. The van der Waals surface area contributed by atoms with Crippen molar-refractivity contribution in [3.63, 3.8) is 0 Å². The van der Waals surface area contributed by atoms with Gasteiger partial charge in [-0.2, -0.15) is 0 Å². The summed E-state index contributed by atoms with van der Waals surface area (Å²) in [4.78, 5) is 14.2. The Bertz CT molecular complexity index is 468. The molecular weight excluding hydrogens is 332 g/mol. The quantitative estimate of drug-likeness (QED) is 0.911. The maximum absolute atomic E-state index is 12.4. The highest BCUT2D eigenvalue weighted by atomic mass is 79.9. The average Bonchev–Trinajstić information content (AvgIpc) is 2.42. The molecule has 1 aromatic rings. The lowest BCUT2D eigenvalue weighted by Gasteiger charge is -2.33. The lowest BCUT2D eigenvalue weighted by atomic mass is 10.1. The van der Waals surface area contributed by atoms with Gasteiger partial charge in [-0.3, -0.25) is 4.79 Å². The zero-order chi connectivity index (χ0) is 13.8. The summed E-state index contributed by atoms with van der Waals surface area (Å²) in [6.45, 7) is 2.56. The van der Waals surface area contributed by atoms with Crippen molar-refractivity contribution in [1.82, 2.24) is 10.2 Å². The number of carbonyl (C=O) groups is 1. The predicted molar refractivity (Wildman–Crippen MR) is 78.7 cm³/mol. The summed E-state index contributed by atoms with van der Waals surface area (Å²) in [5.41, 5.74) is 0.640. The molecule has 1 fully saturated rings. The van der Waals surface area contributed by atoms with E-state index in [1.165, 1.54) is 0 Å². The minimum atomic E-state index is 0.0155. The Morgan fingerprint density at radius 2 is 2.42 bits per heavy atom. The number of morpholine rings is 1. The molecule has 1 saturated heterocycles. The maximum Gasteiger partial charge on any atom is 0.254 e. The number of amides is 1. The molecule has 104 valence electrons. The molecule has 1 heterocycles.